The molecule has 0 radical (unpaired) electrons. The third-order valence-electron chi connectivity index (χ3n) is 8.14. The lowest BCUT2D eigenvalue weighted by atomic mass is 9.78. The SMILES string of the molecule is CCCCCCCCCCCCCCCCCN(CC(CO)[C@@]1(O)CO[C@H](CO)[C@@H](O)[C@@H]1O)C(=O)CCC. The molecule has 1 rings (SSSR count). The molecule has 0 spiro atoms. The van der Waals surface area contributed by atoms with Gasteiger partial charge in [-0.15, -0.1) is 0 Å². The highest BCUT2D eigenvalue weighted by Crippen LogP contribution is 2.32. The summed E-state index contributed by atoms with van der Waals surface area (Å²) in [6.45, 7) is 3.50. The topological polar surface area (TPSA) is 131 Å². The van der Waals surface area contributed by atoms with Gasteiger partial charge in [0.15, 0.2) is 0 Å². The van der Waals surface area contributed by atoms with Crippen LogP contribution in [0.25, 0.3) is 0 Å². The van der Waals surface area contributed by atoms with Crippen LogP contribution in [0.15, 0.2) is 0 Å². The average Bonchev–Trinajstić information content (AvgIpc) is 2.91. The molecule has 38 heavy (non-hydrogen) atoms. The van der Waals surface area contributed by atoms with Gasteiger partial charge in [-0.05, 0) is 12.8 Å². The Balaban J connectivity index is 2.35. The largest absolute Gasteiger partial charge is 0.396 e. The lowest BCUT2D eigenvalue weighted by Crippen LogP contribution is -2.67. The van der Waals surface area contributed by atoms with Gasteiger partial charge in [-0.25, -0.2) is 0 Å². The van der Waals surface area contributed by atoms with E-state index in [1.54, 1.807) is 4.90 Å². The first-order valence-electron chi connectivity index (χ1n) is 15.5. The number of amides is 1. The second-order valence-electron chi connectivity index (χ2n) is 11.4. The minimum Gasteiger partial charge on any atom is -0.396 e. The van der Waals surface area contributed by atoms with Crippen LogP contribution in [0.2, 0.25) is 0 Å². The fraction of sp³-hybridized carbons (Fsp3) is 0.967. The molecule has 0 aromatic heterocycles. The molecule has 1 fully saturated rings. The molecule has 5 N–H and O–H groups in total. The highest BCUT2D eigenvalue weighted by atomic mass is 16.5. The first-order valence-corrected chi connectivity index (χ1v) is 15.5. The maximum absolute atomic E-state index is 12.8. The summed E-state index contributed by atoms with van der Waals surface area (Å²) in [5, 5.41) is 51.3. The molecule has 1 aliphatic rings. The molecule has 0 bridgehead atoms. The fourth-order valence-corrected chi connectivity index (χ4v) is 5.45. The van der Waals surface area contributed by atoms with Gasteiger partial charge >= 0.3 is 0 Å². The number of carbonyl (C=O) groups is 1. The van der Waals surface area contributed by atoms with Crippen LogP contribution < -0.4 is 0 Å². The van der Waals surface area contributed by atoms with Crippen molar-refractivity contribution in [2.75, 3.05) is 32.9 Å². The summed E-state index contributed by atoms with van der Waals surface area (Å²) in [5.74, 6) is -0.927. The monoisotopic (exact) mass is 545 g/mol. The number of hydrogen-bond acceptors (Lipinski definition) is 7. The van der Waals surface area contributed by atoms with E-state index >= 15 is 0 Å². The van der Waals surface area contributed by atoms with Gasteiger partial charge in [0.1, 0.15) is 23.9 Å². The zero-order valence-electron chi connectivity index (χ0n) is 24.4. The van der Waals surface area contributed by atoms with Crippen LogP contribution in [0, 0.1) is 5.92 Å². The van der Waals surface area contributed by atoms with Gasteiger partial charge in [0.25, 0.3) is 0 Å². The molecule has 1 unspecified atom stereocenters. The minimum atomic E-state index is -1.92. The highest BCUT2D eigenvalue weighted by molar-refractivity contribution is 5.76. The van der Waals surface area contributed by atoms with E-state index in [2.05, 4.69) is 6.92 Å². The standard InChI is InChI=1S/C30H59NO7/c1-3-5-6-7-8-9-10-11-12-13-14-15-16-17-18-20-31(27(34)19-4-2)21-25(22-32)30(37)24-38-26(23-33)28(35)29(30)36/h25-26,28-29,32-33,35-37H,3-24H2,1-2H3/t25?,26-,28-,29+,30+/m1/s1. The van der Waals surface area contributed by atoms with Crippen LogP contribution in [-0.2, 0) is 9.53 Å². The van der Waals surface area contributed by atoms with Gasteiger partial charge < -0.3 is 35.2 Å². The summed E-state index contributed by atoms with van der Waals surface area (Å²) in [5.41, 5.74) is -1.92. The molecule has 1 heterocycles. The molecule has 1 amide bonds. The van der Waals surface area contributed by atoms with Crippen molar-refractivity contribution in [3.05, 3.63) is 0 Å². The van der Waals surface area contributed by atoms with Gasteiger partial charge in [-0.2, -0.15) is 0 Å². The second-order valence-corrected chi connectivity index (χ2v) is 11.4. The summed E-state index contributed by atoms with van der Waals surface area (Å²) in [6.07, 6.45) is 16.0. The molecule has 0 aliphatic carbocycles. The molecular weight excluding hydrogens is 486 g/mol. The number of ether oxygens (including phenoxy) is 1. The van der Waals surface area contributed by atoms with Gasteiger partial charge in [0.2, 0.25) is 5.91 Å². The first-order chi connectivity index (χ1) is 18.3. The van der Waals surface area contributed by atoms with Gasteiger partial charge in [0, 0.05) is 25.4 Å². The Kier molecular flexibility index (Phi) is 19.5. The van der Waals surface area contributed by atoms with Crippen molar-refractivity contribution < 1.29 is 35.1 Å². The number of unbranched alkanes of at least 4 members (excludes halogenated alkanes) is 14. The van der Waals surface area contributed by atoms with Crippen molar-refractivity contribution in [2.45, 2.75) is 147 Å². The lowest BCUT2D eigenvalue weighted by Gasteiger charge is -2.47. The van der Waals surface area contributed by atoms with Crippen molar-refractivity contribution in [2.24, 2.45) is 5.92 Å². The summed E-state index contributed by atoms with van der Waals surface area (Å²) < 4.78 is 5.36. The smallest absolute Gasteiger partial charge is 0.222 e. The lowest BCUT2D eigenvalue weighted by molar-refractivity contribution is -0.261. The molecule has 1 aliphatic heterocycles. The normalized spacial score (nSPS) is 24.4. The minimum absolute atomic E-state index is 0.0417. The van der Waals surface area contributed by atoms with E-state index in [0.29, 0.717) is 19.4 Å². The maximum atomic E-state index is 12.8. The van der Waals surface area contributed by atoms with E-state index < -0.39 is 43.0 Å². The van der Waals surface area contributed by atoms with E-state index in [1.807, 2.05) is 6.92 Å². The van der Waals surface area contributed by atoms with Crippen molar-refractivity contribution >= 4 is 5.91 Å². The molecule has 8 nitrogen and oxygen atoms in total. The molecule has 226 valence electrons. The van der Waals surface area contributed by atoms with E-state index in [-0.39, 0.29) is 19.1 Å². The second kappa shape index (κ2) is 21.0. The number of aliphatic hydroxyl groups is 5. The predicted octanol–water partition coefficient (Wildman–Crippen LogP) is 3.94. The van der Waals surface area contributed by atoms with E-state index in [1.165, 1.54) is 77.0 Å². The van der Waals surface area contributed by atoms with Crippen molar-refractivity contribution in [1.82, 2.24) is 4.90 Å². The maximum Gasteiger partial charge on any atom is 0.222 e. The van der Waals surface area contributed by atoms with Crippen LogP contribution in [-0.4, -0.2) is 93.2 Å². The van der Waals surface area contributed by atoms with Gasteiger partial charge in [-0.3, -0.25) is 4.79 Å². The van der Waals surface area contributed by atoms with Crippen LogP contribution in [0.5, 0.6) is 0 Å². The Hall–Kier alpha value is -0.770. The third kappa shape index (κ3) is 12.6. The Labute approximate surface area is 231 Å². The zero-order chi connectivity index (χ0) is 28.2. The van der Waals surface area contributed by atoms with E-state index in [4.69, 9.17) is 4.74 Å². The summed E-state index contributed by atoms with van der Waals surface area (Å²) in [6, 6.07) is 0. The molecule has 1 saturated heterocycles. The highest BCUT2D eigenvalue weighted by Gasteiger charge is 2.52. The summed E-state index contributed by atoms with van der Waals surface area (Å²) in [4.78, 5) is 14.5. The molecule has 0 aromatic carbocycles. The zero-order valence-corrected chi connectivity index (χ0v) is 24.4. The number of carbonyl (C=O) groups excluding carboxylic acids is 1. The number of hydrogen-bond donors (Lipinski definition) is 5. The average molecular weight is 546 g/mol. The van der Waals surface area contributed by atoms with Crippen molar-refractivity contribution in [1.29, 1.82) is 0 Å². The van der Waals surface area contributed by atoms with E-state index in [0.717, 1.165) is 19.3 Å². The van der Waals surface area contributed by atoms with Crippen LogP contribution in [0.4, 0.5) is 0 Å². The molecule has 5 atom stereocenters. The molecule has 0 aromatic rings. The van der Waals surface area contributed by atoms with Crippen molar-refractivity contribution in [3.63, 3.8) is 0 Å². The Morgan fingerprint density at radius 1 is 0.842 bits per heavy atom. The quantitative estimate of drug-likeness (QED) is 0.123. The fourth-order valence-electron chi connectivity index (χ4n) is 5.45. The van der Waals surface area contributed by atoms with Crippen LogP contribution in [0.1, 0.15) is 123 Å². The molecular formula is C30H59NO7. The van der Waals surface area contributed by atoms with Crippen LogP contribution in [0.3, 0.4) is 0 Å². The van der Waals surface area contributed by atoms with E-state index in [9.17, 15) is 30.3 Å². The predicted molar refractivity (Wildman–Crippen MR) is 151 cm³/mol. The Morgan fingerprint density at radius 3 is 1.79 bits per heavy atom. The van der Waals surface area contributed by atoms with Crippen LogP contribution >= 0.6 is 0 Å². The Bertz CT molecular complexity index is 593. The first kappa shape index (κ1) is 35.3. The van der Waals surface area contributed by atoms with Gasteiger partial charge in [0.05, 0.1) is 19.8 Å². The number of rotatable bonds is 23. The number of nitrogens with zero attached hydrogens (tertiary/aromatic N) is 1. The molecule has 8 heteroatoms. The third-order valence-corrected chi connectivity index (χ3v) is 8.14. The Morgan fingerprint density at radius 2 is 1.34 bits per heavy atom. The summed E-state index contributed by atoms with van der Waals surface area (Å²) in [7, 11) is 0. The van der Waals surface area contributed by atoms with Crippen molar-refractivity contribution in [3.8, 4) is 0 Å². The summed E-state index contributed by atoms with van der Waals surface area (Å²) >= 11 is 0. The van der Waals surface area contributed by atoms with Gasteiger partial charge in [-0.1, -0.05) is 104 Å². The number of aliphatic hydroxyl groups excluding tert-OH is 4. The molecule has 0 saturated carbocycles.